The molecule has 21 heavy (non-hydrogen) atoms. The van der Waals surface area contributed by atoms with Gasteiger partial charge in [0.15, 0.2) is 0 Å². The summed E-state index contributed by atoms with van der Waals surface area (Å²) in [6, 6.07) is 9.41. The Bertz CT molecular complexity index is 660. The molecule has 0 aliphatic heterocycles. The fraction of sp³-hybridized carbons (Fsp3) is 0.200. The standard InChI is InChI=1S/C15H17ClN4O/c1-3-20(2)12-6-4-5-11(8-12)19-15-13(16)7-10(9-18-15)14(17)21/h4-9H,3H2,1-2H3,(H2,17,21)(H,18,19). The molecule has 0 bridgehead atoms. The van der Waals surface area contributed by atoms with Crippen LogP contribution < -0.4 is 16.0 Å². The van der Waals surface area contributed by atoms with E-state index in [2.05, 4.69) is 22.1 Å². The number of hydrogen-bond donors (Lipinski definition) is 2. The molecule has 0 unspecified atom stereocenters. The largest absolute Gasteiger partial charge is 0.375 e. The zero-order chi connectivity index (χ0) is 15.4. The van der Waals surface area contributed by atoms with E-state index in [0.29, 0.717) is 10.8 Å². The molecule has 1 aromatic heterocycles. The lowest BCUT2D eigenvalue weighted by Gasteiger charge is -2.18. The number of nitrogens with two attached hydrogens (primary N) is 1. The van der Waals surface area contributed by atoms with Crippen LogP contribution in [-0.2, 0) is 0 Å². The van der Waals surface area contributed by atoms with Crippen molar-refractivity contribution in [3.63, 3.8) is 0 Å². The topological polar surface area (TPSA) is 71.2 Å². The summed E-state index contributed by atoms with van der Waals surface area (Å²) in [6.45, 7) is 3.00. The second-order valence-electron chi connectivity index (χ2n) is 4.61. The third-order valence-corrected chi connectivity index (χ3v) is 3.44. The Labute approximate surface area is 128 Å². The fourth-order valence-electron chi connectivity index (χ4n) is 1.81. The molecule has 1 amide bonds. The summed E-state index contributed by atoms with van der Waals surface area (Å²) < 4.78 is 0. The average molecular weight is 305 g/mol. The minimum atomic E-state index is -0.553. The Morgan fingerprint density at radius 1 is 1.43 bits per heavy atom. The van der Waals surface area contributed by atoms with Crippen LogP contribution >= 0.6 is 11.6 Å². The molecule has 0 spiro atoms. The summed E-state index contributed by atoms with van der Waals surface area (Å²) in [5.41, 5.74) is 7.43. The molecule has 2 rings (SSSR count). The van der Waals surface area contributed by atoms with E-state index in [1.165, 1.54) is 12.3 Å². The molecule has 0 atom stereocenters. The molecule has 1 aromatic carbocycles. The Morgan fingerprint density at radius 2 is 2.19 bits per heavy atom. The SMILES string of the molecule is CCN(C)c1cccc(Nc2ncc(C(N)=O)cc2Cl)c1. The number of hydrogen-bond acceptors (Lipinski definition) is 4. The highest BCUT2D eigenvalue weighted by Crippen LogP contribution is 2.26. The number of carbonyl (C=O) groups is 1. The van der Waals surface area contributed by atoms with E-state index < -0.39 is 5.91 Å². The Balaban J connectivity index is 2.24. The smallest absolute Gasteiger partial charge is 0.250 e. The molecular weight excluding hydrogens is 288 g/mol. The maximum Gasteiger partial charge on any atom is 0.250 e. The summed E-state index contributed by atoms with van der Waals surface area (Å²) in [7, 11) is 2.02. The van der Waals surface area contributed by atoms with Crippen molar-refractivity contribution < 1.29 is 4.79 Å². The van der Waals surface area contributed by atoms with Gasteiger partial charge in [-0.05, 0) is 31.2 Å². The second-order valence-corrected chi connectivity index (χ2v) is 5.02. The molecule has 3 N–H and O–H groups in total. The highest BCUT2D eigenvalue weighted by Gasteiger charge is 2.08. The number of benzene rings is 1. The molecule has 1 heterocycles. The molecule has 0 aliphatic rings. The van der Waals surface area contributed by atoms with Gasteiger partial charge in [0, 0.05) is 31.2 Å². The van der Waals surface area contributed by atoms with Gasteiger partial charge in [0.1, 0.15) is 5.82 Å². The minimum absolute atomic E-state index is 0.282. The number of nitrogens with zero attached hydrogens (tertiary/aromatic N) is 2. The predicted octanol–water partition coefficient (Wildman–Crippen LogP) is 3.03. The van der Waals surface area contributed by atoms with E-state index in [1.54, 1.807) is 0 Å². The molecule has 110 valence electrons. The fourth-order valence-corrected chi connectivity index (χ4v) is 2.02. The maximum absolute atomic E-state index is 11.1. The molecule has 0 aliphatic carbocycles. The summed E-state index contributed by atoms with van der Waals surface area (Å²) >= 11 is 6.11. The number of rotatable bonds is 5. The van der Waals surface area contributed by atoms with E-state index in [-0.39, 0.29) is 5.56 Å². The van der Waals surface area contributed by atoms with Gasteiger partial charge in [-0.1, -0.05) is 17.7 Å². The lowest BCUT2D eigenvalue weighted by Crippen LogP contribution is -2.15. The molecule has 0 radical (unpaired) electrons. The van der Waals surface area contributed by atoms with Crippen molar-refractivity contribution in [1.82, 2.24) is 4.98 Å². The Hall–Kier alpha value is -2.27. The van der Waals surface area contributed by atoms with Crippen LogP contribution in [0.15, 0.2) is 36.5 Å². The molecule has 0 saturated carbocycles. The molecule has 5 nitrogen and oxygen atoms in total. The number of amides is 1. The summed E-state index contributed by atoms with van der Waals surface area (Å²) in [5, 5.41) is 3.48. The third-order valence-electron chi connectivity index (χ3n) is 3.15. The van der Waals surface area contributed by atoms with Crippen LogP contribution in [0.4, 0.5) is 17.2 Å². The highest BCUT2D eigenvalue weighted by atomic mass is 35.5. The number of aromatic nitrogens is 1. The van der Waals surface area contributed by atoms with Gasteiger partial charge in [-0.15, -0.1) is 0 Å². The van der Waals surface area contributed by atoms with Gasteiger partial charge in [-0.25, -0.2) is 4.98 Å². The van der Waals surface area contributed by atoms with Crippen molar-refractivity contribution in [1.29, 1.82) is 0 Å². The van der Waals surface area contributed by atoms with Gasteiger partial charge in [0.25, 0.3) is 0 Å². The first-order chi connectivity index (χ1) is 10.0. The van der Waals surface area contributed by atoms with Crippen molar-refractivity contribution in [3.8, 4) is 0 Å². The van der Waals surface area contributed by atoms with E-state index >= 15 is 0 Å². The van der Waals surface area contributed by atoms with Gasteiger partial charge >= 0.3 is 0 Å². The first-order valence-electron chi connectivity index (χ1n) is 6.55. The molecule has 6 heteroatoms. The van der Waals surface area contributed by atoms with Gasteiger partial charge in [-0.3, -0.25) is 4.79 Å². The summed E-state index contributed by atoms with van der Waals surface area (Å²) in [4.78, 5) is 17.3. The van der Waals surface area contributed by atoms with Crippen molar-refractivity contribution in [2.24, 2.45) is 5.73 Å². The van der Waals surface area contributed by atoms with Crippen molar-refractivity contribution in [2.45, 2.75) is 6.92 Å². The van der Waals surface area contributed by atoms with E-state index in [9.17, 15) is 4.79 Å². The van der Waals surface area contributed by atoms with Gasteiger partial charge in [0.2, 0.25) is 5.91 Å². The monoisotopic (exact) mass is 304 g/mol. The third kappa shape index (κ3) is 3.64. The molecule has 0 fully saturated rings. The van der Waals surface area contributed by atoms with Crippen LogP contribution in [0.1, 0.15) is 17.3 Å². The first kappa shape index (κ1) is 15.1. The maximum atomic E-state index is 11.1. The normalized spacial score (nSPS) is 10.2. The van der Waals surface area contributed by atoms with Gasteiger partial charge < -0.3 is 16.0 Å². The number of anilines is 3. The first-order valence-corrected chi connectivity index (χ1v) is 6.92. The lowest BCUT2D eigenvalue weighted by atomic mass is 10.2. The Kier molecular flexibility index (Phi) is 4.65. The van der Waals surface area contributed by atoms with E-state index in [4.69, 9.17) is 17.3 Å². The second kappa shape index (κ2) is 6.45. The van der Waals surface area contributed by atoms with Crippen molar-refractivity contribution >= 4 is 34.7 Å². The summed E-state index contributed by atoms with van der Waals surface area (Å²) in [5.74, 6) is -0.0690. The lowest BCUT2D eigenvalue weighted by molar-refractivity contribution is 0.1000. The van der Waals surface area contributed by atoms with Crippen molar-refractivity contribution in [2.75, 3.05) is 23.8 Å². The van der Waals surface area contributed by atoms with Crippen LogP contribution in [0, 0.1) is 0 Å². The van der Waals surface area contributed by atoms with Crippen molar-refractivity contribution in [3.05, 3.63) is 47.1 Å². The predicted molar refractivity (Wildman–Crippen MR) is 86.4 cm³/mol. The highest BCUT2D eigenvalue weighted by molar-refractivity contribution is 6.33. The quantitative estimate of drug-likeness (QED) is 0.890. The number of nitrogens with one attached hydrogen (secondary N) is 1. The average Bonchev–Trinajstić information content (AvgIpc) is 2.48. The molecule has 0 saturated heterocycles. The zero-order valence-electron chi connectivity index (χ0n) is 11.9. The van der Waals surface area contributed by atoms with Gasteiger partial charge in [0.05, 0.1) is 10.6 Å². The van der Waals surface area contributed by atoms with E-state index in [1.807, 2.05) is 31.3 Å². The van der Waals surface area contributed by atoms with Crippen LogP contribution in [0.3, 0.4) is 0 Å². The molecular formula is C15H17ClN4O. The van der Waals surface area contributed by atoms with Crippen LogP contribution in [0.25, 0.3) is 0 Å². The summed E-state index contributed by atoms with van der Waals surface area (Å²) in [6.07, 6.45) is 1.40. The molecule has 2 aromatic rings. The van der Waals surface area contributed by atoms with Crippen LogP contribution in [0.2, 0.25) is 5.02 Å². The van der Waals surface area contributed by atoms with Crippen LogP contribution in [-0.4, -0.2) is 24.5 Å². The Morgan fingerprint density at radius 3 is 2.81 bits per heavy atom. The minimum Gasteiger partial charge on any atom is -0.375 e. The number of pyridine rings is 1. The number of carbonyl (C=O) groups excluding carboxylic acids is 1. The zero-order valence-corrected chi connectivity index (χ0v) is 12.7. The van der Waals surface area contributed by atoms with E-state index in [0.717, 1.165) is 17.9 Å². The number of halogens is 1. The van der Waals surface area contributed by atoms with Gasteiger partial charge in [-0.2, -0.15) is 0 Å². The number of primary amides is 1. The van der Waals surface area contributed by atoms with Crippen LogP contribution in [0.5, 0.6) is 0 Å².